The molecule has 33 heavy (non-hydrogen) atoms. The van der Waals surface area contributed by atoms with Crippen molar-refractivity contribution in [3.05, 3.63) is 46.4 Å². The van der Waals surface area contributed by atoms with E-state index in [1.165, 1.54) is 0 Å². The van der Waals surface area contributed by atoms with Gasteiger partial charge in [-0.25, -0.2) is 4.79 Å². The number of nitrogens with zero attached hydrogens (tertiary/aromatic N) is 2. The van der Waals surface area contributed by atoms with Gasteiger partial charge in [-0.2, -0.15) is 0 Å². The first kappa shape index (κ1) is 25.2. The van der Waals surface area contributed by atoms with Gasteiger partial charge in [-0.05, 0) is 30.7 Å². The molecule has 0 spiro atoms. The average molecular weight is 519 g/mol. The summed E-state index contributed by atoms with van der Waals surface area (Å²) in [6.45, 7) is 8.93. The van der Waals surface area contributed by atoms with Gasteiger partial charge >= 0.3 is 6.03 Å². The second-order valence-electron chi connectivity index (χ2n) is 9.24. The minimum Gasteiger partial charge on any atom is -0.496 e. The number of amides is 2. The lowest BCUT2D eigenvalue weighted by atomic mass is 9.89. The second-order valence-corrected chi connectivity index (χ2v) is 10.2. The van der Waals surface area contributed by atoms with Crippen LogP contribution in [-0.2, 0) is 6.54 Å². The van der Waals surface area contributed by atoms with Crippen molar-refractivity contribution in [2.24, 2.45) is 5.41 Å². The van der Waals surface area contributed by atoms with Gasteiger partial charge in [0.05, 0.1) is 27.4 Å². The molecule has 1 heterocycles. The van der Waals surface area contributed by atoms with Crippen molar-refractivity contribution >= 4 is 27.6 Å². The average Bonchev–Trinajstić information content (AvgIpc) is 2.79. The summed E-state index contributed by atoms with van der Waals surface area (Å²) in [5.74, 6) is 2.11. The highest BCUT2D eigenvalue weighted by Crippen LogP contribution is 2.37. The maximum atomic E-state index is 13.6. The third kappa shape index (κ3) is 6.34. The van der Waals surface area contributed by atoms with Crippen molar-refractivity contribution in [3.63, 3.8) is 0 Å². The number of carbonyl (C=O) groups excluding carboxylic acids is 1. The highest BCUT2D eigenvalue weighted by atomic mass is 79.9. The molecule has 0 atom stereocenters. The molecule has 1 aliphatic heterocycles. The molecule has 2 aromatic carbocycles. The van der Waals surface area contributed by atoms with Crippen LogP contribution in [0.4, 0.5) is 10.5 Å². The maximum Gasteiger partial charge on any atom is 0.324 e. The topological polar surface area (TPSA) is 51.2 Å². The van der Waals surface area contributed by atoms with Crippen molar-refractivity contribution in [2.75, 3.05) is 38.8 Å². The molecule has 0 radical (unpaired) electrons. The lowest BCUT2D eigenvalue weighted by molar-refractivity contribution is 0.146. The number of anilines is 1. The van der Waals surface area contributed by atoms with Crippen molar-refractivity contribution in [1.29, 1.82) is 0 Å². The number of methoxy groups -OCH3 is 2. The molecule has 1 aliphatic rings. The highest BCUT2D eigenvalue weighted by molar-refractivity contribution is 9.10. The molecule has 0 aromatic heterocycles. The number of urea groups is 1. The van der Waals surface area contributed by atoms with Crippen LogP contribution in [0.3, 0.4) is 0 Å². The molecule has 0 saturated carbocycles. The summed E-state index contributed by atoms with van der Waals surface area (Å²) in [7, 11) is 3.29. The van der Waals surface area contributed by atoms with Crippen LogP contribution in [0.15, 0.2) is 40.9 Å². The lowest BCUT2D eigenvalue weighted by Gasteiger charge is -2.44. The van der Waals surface area contributed by atoms with E-state index in [0.29, 0.717) is 37.7 Å². The fourth-order valence-corrected chi connectivity index (χ4v) is 4.50. The van der Waals surface area contributed by atoms with E-state index < -0.39 is 0 Å². The standard InChI is InChI=1S/C26H35BrN2O4/c1-6-7-8-13-33-24-15-21(11-12-22(24)31-4)29-18-26(2,3)17-28(25(29)30)16-19-9-10-20(27)14-23(19)32-5/h9-12,14-15H,6-8,13,16-18H2,1-5H3. The molecule has 2 aromatic rings. The number of carbonyl (C=O) groups is 1. The van der Waals surface area contributed by atoms with E-state index in [9.17, 15) is 4.79 Å². The largest absolute Gasteiger partial charge is 0.496 e. The van der Waals surface area contributed by atoms with E-state index in [1.807, 2.05) is 46.2 Å². The Hall–Kier alpha value is -2.41. The van der Waals surface area contributed by atoms with Crippen molar-refractivity contribution in [1.82, 2.24) is 4.90 Å². The number of benzene rings is 2. The van der Waals surface area contributed by atoms with Crippen LogP contribution >= 0.6 is 15.9 Å². The maximum absolute atomic E-state index is 13.6. The van der Waals surface area contributed by atoms with Crippen LogP contribution in [-0.4, -0.2) is 44.8 Å². The van der Waals surface area contributed by atoms with Crippen LogP contribution in [0.25, 0.3) is 0 Å². The van der Waals surface area contributed by atoms with Crippen molar-refractivity contribution in [3.8, 4) is 17.2 Å². The number of halogens is 1. The first-order chi connectivity index (χ1) is 15.8. The monoisotopic (exact) mass is 518 g/mol. The normalized spacial score (nSPS) is 15.5. The number of hydrogen-bond donors (Lipinski definition) is 0. The van der Waals surface area contributed by atoms with Gasteiger partial charge in [0, 0.05) is 40.3 Å². The van der Waals surface area contributed by atoms with E-state index in [1.54, 1.807) is 14.2 Å². The van der Waals surface area contributed by atoms with Crippen molar-refractivity contribution in [2.45, 2.75) is 46.6 Å². The molecule has 7 heteroatoms. The Morgan fingerprint density at radius 2 is 1.73 bits per heavy atom. The number of hydrogen-bond acceptors (Lipinski definition) is 4. The lowest BCUT2D eigenvalue weighted by Crippen LogP contribution is -2.56. The third-order valence-electron chi connectivity index (χ3n) is 5.78. The fraction of sp³-hybridized carbons (Fsp3) is 0.500. The fourth-order valence-electron chi connectivity index (χ4n) is 4.16. The summed E-state index contributed by atoms with van der Waals surface area (Å²) >= 11 is 3.49. The van der Waals surface area contributed by atoms with E-state index in [2.05, 4.69) is 36.7 Å². The van der Waals surface area contributed by atoms with Gasteiger partial charge in [0.1, 0.15) is 5.75 Å². The molecule has 1 saturated heterocycles. The van der Waals surface area contributed by atoms with E-state index in [0.717, 1.165) is 40.7 Å². The van der Waals surface area contributed by atoms with Gasteiger partial charge in [0.25, 0.3) is 0 Å². The zero-order valence-electron chi connectivity index (χ0n) is 20.3. The minimum absolute atomic E-state index is 0.0265. The molecule has 0 bridgehead atoms. The summed E-state index contributed by atoms with van der Waals surface area (Å²) < 4.78 is 18.0. The van der Waals surface area contributed by atoms with Gasteiger partial charge in [-0.1, -0.05) is 55.6 Å². The molecule has 180 valence electrons. The number of rotatable bonds is 10. The van der Waals surface area contributed by atoms with Crippen LogP contribution in [0.2, 0.25) is 0 Å². The summed E-state index contributed by atoms with van der Waals surface area (Å²) in [5.41, 5.74) is 1.70. The molecule has 3 rings (SSSR count). The molecular formula is C26H35BrN2O4. The van der Waals surface area contributed by atoms with Crippen LogP contribution in [0.5, 0.6) is 17.2 Å². The molecule has 0 N–H and O–H groups in total. The number of unbranched alkanes of at least 4 members (excludes halogenated alkanes) is 2. The minimum atomic E-state index is -0.0847. The second kappa shape index (κ2) is 11.1. The van der Waals surface area contributed by atoms with E-state index in [4.69, 9.17) is 14.2 Å². The Morgan fingerprint density at radius 1 is 0.970 bits per heavy atom. The Balaban J connectivity index is 1.86. The zero-order valence-corrected chi connectivity index (χ0v) is 21.9. The van der Waals surface area contributed by atoms with Gasteiger partial charge in [0.2, 0.25) is 0 Å². The Labute approximate surface area is 205 Å². The third-order valence-corrected chi connectivity index (χ3v) is 6.27. The predicted octanol–water partition coefficient (Wildman–Crippen LogP) is 6.50. The van der Waals surface area contributed by atoms with Crippen LogP contribution < -0.4 is 19.1 Å². The quantitative estimate of drug-likeness (QED) is 0.336. The summed E-state index contributed by atoms with van der Waals surface area (Å²) in [5, 5.41) is 0. The van der Waals surface area contributed by atoms with Gasteiger partial charge in [-0.3, -0.25) is 4.90 Å². The molecule has 2 amide bonds. The Kier molecular flexibility index (Phi) is 8.51. The predicted molar refractivity (Wildman–Crippen MR) is 136 cm³/mol. The Morgan fingerprint density at radius 3 is 2.42 bits per heavy atom. The van der Waals surface area contributed by atoms with E-state index >= 15 is 0 Å². The van der Waals surface area contributed by atoms with Crippen LogP contribution in [0.1, 0.15) is 45.6 Å². The van der Waals surface area contributed by atoms with Crippen molar-refractivity contribution < 1.29 is 19.0 Å². The van der Waals surface area contributed by atoms with Gasteiger partial charge < -0.3 is 19.1 Å². The smallest absolute Gasteiger partial charge is 0.324 e. The molecule has 6 nitrogen and oxygen atoms in total. The first-order valence-electron chi connectivity index (χ1n) is 11.5. The summed E-state index contributed by atoms with van der Waals surface area (Å²) in [4.78, 5) is 17.3. The Bertz CT molecular complexity index is 963. The summed E-state index contributed by atoms with van der Waals surface area (Å²) in [6.07, 6.45) is 3.24. The molecular weight excluding hydrogens is 484 g/mol. The number of ether oxygens (including phenoxy) is 3. The SMILES string of the molecule is CCCCCOc1cc(N2CC(C)(C)CN(Cc3ccc(Br)cc3OC)C2=O)ccc1OC. The van der Waals surface area contributed by atoms with Crippen LogP contribution in [0, 0.1) is 5.41 Å². The van der Waals surface area contributed by atoms with E-state index in [-0.39, 0.29) is 11.4 Å². The molecule has 0 aliphatic carbocycles. The summed E-state index contributed by atoms with van der Waals surface area (Å²) in [6, 6.07) is 11.6. The van der Waals surface area contributed by atoms with Gasteiger partial charge in [-0.15, -0.1) is 0 Å². The molecule has 1 fully saturated rings. The molecule has 0 unspecified atom stereocenters. The van der Waals surface area contributed by atoms with Gasteiger partial charge in [0.15, 0.2) is 11.5 Å². The highest BCUT2D eigenvalue weighted by Gasteiger charge is 2.38. The zero-order chi connectivity index (χ0) is 24.0. The first-order valence-corrected chi connectivity index (χ1v) is 12.3.